The Kier molecular flexibility index (Phi) is 12.8. The molecule has 0 radical (unpaired) electrons. The molecule has 4 atom stereocenters. The second-order valence-electron chi connectivity index (χ2n) is 12.7. The molecule has 1 saturated heterocycles. The van der Waals surface area contributed by atoms with E-state index in [0.29, 0.717) is 25.3 Å². The molecule has 9 nitrogen and oxygen atoms in total. The predicted molar refractivity (Wildman–Crippen MR) is 179 cm³/mol. The van der Waals surface area contributed by atoms with Gasteiger partial charge in [0.2, 0.25) is 5.91 Å². The first-order chi connectivity index (χ1) is 22.5. The molecule has 0 bridgehead atoms. The van der Waals surface area contributed by atoms with Gasteiger partial charge in [-0.25, -0.2) is 9.18 Å². The molecule has 4 N–H and O–H groups in total. The number of carbonyl (C=O) groups is 3. The third-order valence-electron chi connectivity index (χ3n) is 8.48. The van der Waals surface area contributed by atoms with E-state index in [0.717, 1.165) is 28.7 Å². The van der Waals surface area contributed by atoms with Crippen LogP contribution in [-0.4, -0.2) is 71.8 Å². The monoisotopic (exact) mass is 646 g/mol. The first-order valence-electron chi connectivity index (χ1n) is 16.3. The average Bonchev–Trinajstić information content (AvgIpc) is 3.03. The van der Waals surface area contributed by atoms with Crippen LogP contribution in [0.1, 0.15) is 48.9 Å². The highest BCUT2D eigenvalue weighted by atomic mass is 19.1. The molecule has 47 heavy (non-hydrogen) atoms. The van der Waals surface area contributed by atoms with Crippen molar-refractivity contribution in [1.82, 2.24) is 20.9 Å². The summed E-state index contributed by atoms with van der Waals surface area (Å²) in [5.41, 5.74) is 3.50. The summed E-state index contributed by atoms with van der Waals surface area (Å²) in [4.78, 5) is 41.3. The van der Waals surface area contributed by atoms with Crippen molar-refractivity contribution in [2.75, 3.05) is 19.7 Å². The van der Waals surface area contributed by atoms with Gasteiger partial charge in [-0.3, -0.25) is 9.59 Å². The molecule has 1 aliphatic rings. The van der Waals surface area contributed by atoms with Crippen LogP contribution < -0.4 is 20.7 Å². The van der Waals surface area contributed by atoms with Crippen LogP contribution in [0.4, 0.5) is 9.18 Å². The van der Waals surface area contributed by atoms with Crippen LogP contribution in [0.3, 0.4) is 0 Å². The number of halogens is 1. The maximum absolute atomic E-state index is 13.8. The summed E-state index contributed by atoms with van der Waals surface area (Å²) in [7, 11) is 0. The third kappa shape index (κ3) is 10.3. The standard InChI is InChI=1S/C37H47FN4O5/c1-24(2)34(42-19-9-18-39-37(42)46)36(45)40-30(20-27-12-6-5-7-13-27)22-32(43)31(21-28-14-16-29(38)17-15-28)41-33(44)23-47-35-25(3)10-8-11-26(35)4/h5-8,10-17,24,30-32,34,43H,9,18-23H2,1-4H3,(H,39,46)(H,40,45)(H,41,44)/t30-,31-,32-,34-/m0/s1. The molecule has 0 saturated carbocycles. The van der Waals surface area contributed by atoms with Crippen molar-refractivity contribution < 1.29 is 28.6 Å². The number of hydrogen-bond acceptors (Lipinski definition) is 5. The minimum Gasteiger partial charge on any atom is -0.483 e. The number of nitrogens with zero attached hydrogens (tertiary/aromatic N) is 1. The summed E-state index contributed by atoms with van der Waals surface area (Å²) >= 11 is 0. The van der Waals surface area contributed by atoms with Gasteiger partial charge in [0.1, 0.15) is 17.6 Å². The van der Waals surface area contributed by atoms with Crippen molar-refractivity contribution in [3.63, 3.8) is 0 Å². The number of hydrogen-bond donors (Lipinski definition) is 4. The number of rotatable bonds is 15. The zero-order valence-corrected chi connectivity index (χ0v) is 27.7. The minimum absolute atomic E-state index is 0.113. The van der Waals surface area contributed by atoms with Crippen LogP contribution in [0.25, 0.3) is 0 Å². The molecule has 1 aliphatic heterocycles. The number of aliphatic hydroxyl groups excluding tert-OH is 1. The van der Waals surface area contributed by atoms with E-state index in [9.17, 15) is 23.9 Å². The van der Waals surface area contributed by atoms with Gasteiger partial charge in [0, 0.05) is 19.1 Å². The smallest absolute Gasteiger partial charge is 0.318 e. The zero-order valence-electron chi connectivity index (χ0n) is 27.7. The molecule has 3 aromatic carbocycles. The molecule has 0 aliphatic carbocycles. The van der Waals surface area contributed by atoms with E-state index >= 15 is 0 Å². The lowest BCUT2D eigenvalue weighted by Gasteiger charge is -2.37. The van der Waals surface area contributed by atoms with Crippen LogP contribution >= 0.6 is 0 Å². The van der Waals surface area contributed by atoms with E-state index in [1.165, 1.54) is 12.1 Å². The third-order valence-corrected chi connectivity index (χ3v) is 8.48. The Morgan fingerprint density at radius 1 is 0.936 bits per heavy atom. The van der Waals surface area contributed by atoms with E-state index in [-0.39, 0.29) is 43.1 Å². The Labute approximate surface area is 276 Å². The normalized spacial score (nSPS) is 15.7. The van der Waals surface area contributed by atoms with Gasteiger partial charge < -0.3 is 30.7 Å². The number of ether oxygens (including phenoxy) is 1. The second kappa shape index (κ2) is 16.9. The summed E-state index contributed by atoms with van der Waals surface area (Å²) in [6.45, 7) is 8.42. The van der Waals surface area contributed by atoms with E-state index < -0.39 is 30.1 Å². The Morgan fingerprint density at radius 2 is 1.60 bits per heavy atom. The Hall–Kier alpha value is -4.44. The van der Waals surface area contributed by atoms with Gasteiger partial charge in [-0.2, -0.15) is 0 Å². The maximum atomic E-state index is 13.8. The minimum atomic E-state index is -1.09. The van der Waals surface area contributed by atoms with E-state index in [2.05, 4.69) is 16.0 Å². The fourth-order valence-corrected chi connectivity index (χ4v) is 6.12. The summed E-state index contributed by atoms with van der Waals surface area (Å²) in [5, 5.41) is 20.6. The summed E-state index contributed by atoms with van der Waals surface area (Å²) < 4.78 is 19.6. The van der Waals surface area contributed by atoms with Gasteiger partial charge in [0.25, 0.3) is 5.91 Å². The largest absolute Gasteiger partial charge is 0.483 e. The lowest BCUT2D eigenvalue weighted by Crippen LogP contribution is -2.59. The molecule has 252 valence electrons. The highest BCUT2D eigenvalue weighted by molar-refractivity contribution is 5.87. The fraction of sp³-hybridized carbons (Fsp3) is 0.432. The average molecular weight is 647 g/mol. The topological polar surface area (TPSA) is 120 Å². The number of benzene rings is 3. The molecule has 1 heterocycles. The summed E-state index contributed by atoms with van der Waals surface area (Å²) in [6.07, 6.45) is 0.418. The Balaban J connectivity index is 1.54. The molecule has 0 aromatic heterocycles. The van der Waals surface area contributed by atoms with Crippen molar-refractivity contribution in [1.29, 1.82) is 0 Å². The molecular formula is C37H47FN4O5. The Bertz CT molecular complexity index is 1460. The zero-order chi connectivity index (χ0) is 33.9. The fourth-order valence-electron chi connectivity index (χ4n) is 6.12. The molecule has 0 spiro atoms. The van der Waals surface area contributed by atoms with Crippen LogP contribution in [0, 0.1) is 25.6 Å². The van der Waals surface area contributed by atoms with Gasteiger partial charge in [-0.05, 0) is 79.8 Å². The number of urea groups is 1. The van der Waals surface area contributed by atoms with Crippen molar-refractivity contribution in [3.05, 3.63) is 101 Å². The predicted octanol–water partition coefficient (Wildman–Crippen LogP) is 4.47. The maximum Gasteiger partial charge on any atom is 0.318 e. The molecule has 0 unspecified atom stereocenters. The molecule has 3 aromatic rings. The van der Waals surface area contributed by atoms with E-state index in [1.807, 2.05) is 76.2 Å². The quantitative estimate of drug-likeness (QED) is 0.194. The van der Waals surface area contributed by atoms with Crippen LogP contribution in [0.5, 0.6) is 5.75 Å². The molecule has 1 fully saturated rings. The lowest BCUT2D eigenvalue weighted by atomic mass is 9.92. The van der Waals surface area contributed by atoms with Gasteiger partial charge in [0.05, 0.1) is 12.1 Å². The number of aryl methyl sites for hydroxylation is 2. The molecule has 4 amide bonds. The summed E-state index contributed by atoms with van der Waals surface area (Å²) in [5.74, 6) is -0.621. The first-order valence-corrected chi connectivity index (χ1v) is 16.3. The number of para-hydroxylation sites is 1. The van der Waals surface area contributed by atoms with Gasteiger partial charge in [-0.15, -0.1) is 0 Å². The van der Waals surface area contributed by atoms with Gasteiger partial charge in [-0.1, -0.05) is 74.5 Å². The number of carbonyl (C=O) groups excluding carboxylic acids is 3. The second-order valence-corrected chi connectivity index (χ2v) is 12.7. The molecule has 4 rings (SSSR count). The number of amides is 4. The number of aliphatic hydroxyl groups is 1. The SMILES string of the molecule is Cc1cccc(C)c1OCC(=O)N[C@@H](Cc1ccc(F)cc1)[C@@H](O)C[C@H](Cc1ccccc1)NC(=O)[C@H](C(C)C)N1CCCNC1=O. The van der Waals surface area contributed by atoms with Crippen LogP contribution in [0.2, 0.25) is 0 Å². The highest BCUT2D eigenvalue weighted by Gasteiger charge is 2.35. The van der Waals surface area contributed by atoms with Crippen LogP contribution in [0.15, 0.2) is 72.8 Å². The van der Waals surface area contributed by atoms with Gasteiger partial charge >= 0.3 is 6.03 Å². The number of nitrogens with one attached hydrogen (secondary N) is 3. The lowest BCUT2D eigenvalue weighted by molar-refractivity contribution is -0.128. The molecule has 10 heteroatoms. The van der Waals surface area contributed by atoms with Crippen molar-refractivity contribution in [2.24, 2.45) is 5.92 Å². The first kappa shape index (κ1) is 35.4. The molecular weight excluding hydrogens is 599 g/mol. The van der Waals surface area contributed by atoms with Crippen molar-refractivity contribution in [2.45, 2.75) is 77.6 Å². The summed E-state index contributed by atoms with van der Waals surface area (Å²) in [6, 6.07) is 19.0. The van der Waals surface area contributed by atoms with E-state index in [4.69, 9.17) is 4.74 Å². The van der Waals surface area contributed by atoms with E-state index in [1.54, 1.807) is 17.0 Å². The highest BCUT2D eigenvalue weighted by Crippen LogP contribution is 2.22. The Morgan fingerprint density at radius 3 is 2.23 bits per heavy atom. The van der Waals surface area contributed by atoms with Gasteiger partial charge in [0.15, 0.2) is 6.61 Å². The van der Waals surface area contributed by atoms with Crippen molar-refractivity contribution >= 4 is 17.8 Å². The van der Waals surface area contributed by atoms with Crippen molar-refractivity contribution in [3.8, 4) is 5.75 Å². The van der Waals surface area contributed by atoms with Crippen LogP contribution in [-0.2, 0) is 22.4 Å².